The minimum absolute atomic E-state index is 0.0566. The molecule has 0 saturated carbocycles. The van der Waals surface area contributed by atoms with Crippen LogP contribution in [0, 0.1) is 0 Å². The monoisotopic (exact) mass is 232 g/mol. The summed E-state index contributed by atoms with van der Waals surface area (Å²) in [4.78, 5) is 10.8. The molecule has 0 fully saturated rings. The first-order valence-electron chi connectivity index (χ1n) is 4.23. The first kappa shape index (κ1) is 11.7. The van der Waals surface area contributed by atoms with Gasteiger partial charge in [-0.25, -0.2) is 13.2 Å². The first-order chi connectivity index (χ1) is 6.81. The van der Waals surface area contributed by atoms with Gasteiger partial charge in [-0.1, -0.05) is 0 Å². The lowest BCUT2D eigenvalue weighted by molar-refractivity contribution is 0.0695. The number of nitrogens with zero attached hydrogens (tertiary/aromatic N) is 2. The van der Waals surface area contributed by atoms with Crippen LogP contribution in [0.15, 0.2) is 6.20 Å². The van der Waals surface area contributed by atoms with E-state index in [1.807, 2.05) is 0 Å². The van der Waals surface area contributed by atoms with Crippen LogP contribution in [0.2, 0.25) is 0 Å². The quantitative estimate of drug-likeness (QED) is 0.770. The molecule has 1 rings (SSSR count). The van der Waals surface area contributed by atoms with Crippen molar-refractivity contribution in [3.05, 3.63) is 17.5 Å². The van der Waals surface area contributed by atoms with Crippen molar-refractivity contribution < 1.29 is 18.3 Å². The predicted molar refractivity (Wildman–Crippen MR) is 53.6 cm³/mol. The van der Waals surface area contributed by atoms with Gasteiger partial charge >= 0.3 is 5.97 Å². The van der Waals surface area contributed by atoms with E-state index in [0.29, 0.717) is 5.69 Å². The highest BCUT2D eigenvalue weighted by atomic mass is 32.2. The van der Waals surface area contributed by atoms with Crippen molar-refractivity contribution in [1.82, 2.24) is 9.78 Å². The lowest BCUT2D eigenvalue weighted by Gasteiger charge is -2.02. The maximum absolute atomic E-state index is 10.9. The summed E-state index contributed by atoms with van der Waals surface area (Å²) in [5.74, 6) is -1.17. The zero-order valence-corrected chi connectivity index (χ0v) is 9.28. The molecule has 7 heteroatoms. The van der Waals surface area contributed by atoms with Gasteiger partial charge in [-0.05, 0) is 0 Å². The van der Waals surface area contributed by atoms with Gasteiger partial charge in [-0.2, -0.15) is 5.10 Å². The molecule has 0 saturated heterocycles. The maximum Gasteiger partial charge on any atom is 0.339 e. The highest BCUT2D eigenvalue weighted by Gasteiger charge is 2.16. The van der Waals surface area contributed by atoms with Crippen LogP contribution in [0.3, 0.4) is 0 Å². The Labute approximate surface area is 87.4 Å². The molecule has 1 heterocycles. The normalized spacial score (nSPS) is 11.6. The fraction of sp³-hybridized carbons (Fsp3) is 0.500. The SMILES string of the molecule is Cn1ncc(C(=O)O)c1CCS(C)(=O)=O. The van der Waals surface area contributed by atoms with Gasteiger partial charge in [0.1, 0.15) is 15.4 Å². The van der Waals surface area contributed by atoms with Gasteiger partial charge in [0.25, 0.3) is 0 Å². The Kier molecular flexibility index (Phi) is 3.13. The van der Waals surface area contributed by atoms with Crippen molar-refractivity contribution in [2.24, 2.45) is 7.05 Å². The molecule has 15 heavy (non-hydrogen) atoms. The highest BCUT2D eigenvalue weighted by molar-refractivity contribution is 7.90. The number of aromatic carboxylic acids is 1. The summed E-state index contributed by atoms with van der Waals surface area (Å²) in [7, 11) is -1.51. The highest BCUT2D eigenvalue weighted by Crippen LogP contribution is 2.09. The van der Waals surface area contributed by atoms with E-state index in [2.05, 4.69) is 5.10 Å². The number of carboxylic acid groups (broad SMARTS) is 1. The maximum atomic E-state index is 10.9. The molecule has 1 N–H and O–H groups in total. The number of aromatic nitrogens is 2. The van der Waals surface area contributed by atoms with E-state index in [4.69, 9.17) is 5.11 Å². The van der Waals surface area contributed by atoms with E-state index in [9.17, 15) is 13.2 Å². The lowest BCUT2D eigenvalue weighted by atomic mass is 10.2. The molecule has 0 spiro atoms. The van der Waals surface area contributed by atoms with E-state index in [1.54, 1.807) is 7.05 Å². The Morgan fingerprint density at radius 3 is 2.67 bits per heavy atom. The molecule has 0 amide bonds. The van der Waals surface area contributed by atoms with Crippen LogP contribution in [0.5, 0.6) is 0 Å². The number of carboxylic acids is 1. The van der Waals surface area contributed by atoms with Gasteiger partial charge < -0.3 is 5.11 Å². The van der Waals surface area contributed by atoms with Gasteiger partial charge in [0.05, 0.1) is 17.6 Å². The molecule has 0 aliphatic heterocycles. The predicted octanol–water partition coefficient (Wildman–Crippen LogP) is -0.295. The summed E-state index contributed by atoms with van der Waals surface area (Å²) >= 11 is 0. The van der Waals surface area contributed by atoms with Crippen LogP contribution in [-0.2, 0) is 23.3 Å². The third kappa shape index (κ3) is 3.05. The molecule has 84 valence electrons. The third-order valence-electron chi connectivity index (χ3n) is 2.00. The molecule has 0 bridgehead atoms. The fourth-order valence-corrected chi connectivity index (χ4v) is 1.78. The molecular weight excluding hydrogens is 220 g/mol. The zero-order valence-electron chi connectivity index (χ0n) is 8.47. The fourth-order valence-electron chi connectivity index (χ4n) is 1.22. The summed E-state index contributed by atoms with van der Waals surface area (Å²) in [6, 6.07) is 0. The standard InChI is InChI=1S/C8H12N2O4S/c1-10-7(3-4-15(2,13)14)6(5-9-10)8(11)12/h5H,3-4H2,1-2H3,(H,11,12). The molecule has 0 radical (unpaired) electrons. The molecular formula is C8H12N2O4S. The molecule has 6 nitrogen and oxygen atoms in total. The second-order valence-electron chi connectivity index (χ2n) is 3.31. The smallest absolute Gasteiger partial charge is 0.339 e. The van der Waals surface area contributed by atoms with Crippen LogP contribution < -0.4 is 0 Å². The van der Waals surface area contributed by atoms with Crippen molar-refractivity contribution in [1.29, 1.82) is 0 Å². The molecule has 1 aromatic heterocycles. The number of rotatable bonds is 4. The zero-order chi connectivity index (χ0) is 11.6. The summed E-state index contributed by atoms with van der Waals surface area (Å²) in [5.41, 5.74) is 0.481. The van der Waals surface area contributed by atoms with Gasteiger partial charge in [0.2, 0.25) is 0 Å². The van der Waals surface area contributed by atoms with Crippen molar-refractivity contribution >= 4 is 15.8 Å². The third-order valence-corrected chi connectivity index (χ3v) is 2.95. The number of hydrogen-bond donors (Lipinski definition) is 1. The van der Waals surface area contributed by atoms with Crippen molar-refractivity contribution in [2.45, 2.75) is 6.42 Å². The molecule has 1 aromatic rings. The van der Waals surface area contributed by atoms with Gasteiger partial charge in [-0.15, -0.1) is 0 Å². The Balaban J connectivity index is 2.93. The average Bonchev–Trinajstić information content (AvgIpc) is 2.42. The van der Waals surface area contributed by atoms with Crippen molar-refractivity contribution in [2.75, 3.05) is 12.0 Å². The number of sulfone groups is 1. The van der Waals surface area contributed by atoms with Crippen LogP contribution in [0.25, 0.3) is 0 Å². The summed E-state index contributed by atoms with van der Waals surface area (Å²) in [6.07, 6.45) is 2.50. The Hall–Kier alpha value is -1.37. The van der Waals surface area contributed by atoms with E-state index in [1.165, 1.54) is 10.9 Å². The topological polar surface area (TPSA) is 89.3 Å². The molecule has 0 atom stereocenters. The Morgan fingerprint density at radius 1 is 1.60 bits per heavy atom. The Morgan fingerprint density at radius 2 is 2.20 bits per heavy atom. The molecule has 0 unspecified atom stereocenters. The van der Waals surface area contributed by atoms with E-state index in [0.717, 1.165) is 6.26 Å². The molecule has 0 aliphatic rings. The van der Waals surface area contributed by atoms with Crippen LogP contribution in [-0.4, -0.2) is 41.3 Å². The number of hydrogen-bond acceptors (Lipinski definition) is 4. The molecule has 0 aromatic carbocycles. The molecule has 0 aliphatic carbocycles. The van der Waals surface area contributed by atoms with Gasteiger partial charge in [0.15, 0.2) is 0 Å². The van der Waals surface area contributed by atoms with E-state index >= 15 is 0 Å². The van der Waals surface area contributed by atoms with Crippen LogP contribution in [0.1, 0.15) is 16.1 Å². The second kappa shape index (κ2) is 4.01. The summed E-state index contributed by atoms with van der Waals surface area (Å²) < 4.78 is 23.3. The lowest BCUT2D eigenvalue weighted by Crippen LogP contribution is -2.12. The number of aryl methyl sites for hydroxylation is 1. The van der Waals surface area contributed by atoms with Crippen LogP contribution in [0.4, 0.5) is 0 Å². The minimum Gasteiger partial charge on any atom is -0.478 e. The summed E-state index contributed by atoms with van der Waals surface area (Å²) in [5, 5.41) is 12.6. The van der Waals surface area contributed by atoms with Gasteiger partial charge in [0, 0.05) is 19.7 Å². The average molecular weight is 232 g/mol. The van der Waals surface area contributed by atoms with Crippen LogP contribution >= 0.6 is 0 Å². The summed E-state index contributed by atoms with van der Waals surface area (Å²) in [6.45, 7) is 0. The first-order valence-corrected chi connectivity index (χ1v) is 6.29. The Bertz CT molecular complexity index is 475. The van der Waals surface area contributed by atoms with Crippen molar-refractivity contribution in [3.63, 3.8) is 0 Å². The largest absolute Gasteiger partial charge is 0.478 e. The van der Waals surface area contributed by atoms with E-state index < -0.39 is 15.8 Å². The second-order valence-corrected chi connectivity index (χ2v) is 5.57. The number of carbonyl (C=O) groups is 1. The van der Waals surface area contributed by atoms with E-state index in [-0.39, 0.29) is 17.7 Å². The van der Waals surface area contributed by atoms with Crippen molar-refractivity contribution in [3.8, 4) is 0 Å². The minimum atomic E-state index is -3.09. The van der Waals surface area contributed by atoms with Gasteiger partial charge in [-0.3, -0.25) is 4.68 Å².